The van der Waals surface area contributed by atoms with Gasteiger partial charge >= 0.3 is 0 Å². The molecule has 0 saturated carbocycles. The summed E-state index contributed by atoms with van der Waals surface area (Å²) in [5, 5.41) is 3.04. The Kier molecular flexibility index (Phi) is 6.80. The second kappa shape index (κ2) is 8.84. The first-order chi connectivity index (χ1) is 11.1. The van der Waals surface area contributed by atoms with E-state index in [1.165, 1.54) is 5.57 Å². The van der Waals surface area contributed by atoms with Crippen molar-refractivity contribution in [2.45, 2.75) is 52.3 Å². The minimum absolute atomic E-state index is 0.00303. The smallest absolute Gasteiger partial charge is 0.240 e. The van der Waals surface area contributed by atoms with Crippen LogP contribution < -0.4 is 5.32 Å². The van der Waals surface area contributed by atoms with E-state index in [1.807, 2.05) is 37.6 Å². The highest BCUT2D eigenvalue weighted by Gasteiger charge is 2.27. The number of carbonyl (C=O) groups excluding carboxylic acids is 1. The van der Waals surface area contributed by atoms with Crippen molar-refractivity contribution >= 4 is 5.91 Å². The number of hydrogen-bond donors (Lipinski definition) is 1. The zero-order valence-corrected chi connectivity index (χ0v) is 14.2. The number of aryl methyl sites for hydroxylation is 1. The van der Waals surface area contributed by atoms with Crippen LogP contribution in [0.25, 0.3) is 0 Å². The molecule has 2 rings (SSSR count). The Morgan fingerprint density at radius 3 is 3.13 bits per heavy atom. The highest BCUT2D eigenvalue weighted by atomic mass is 16.5. The first-order valence-electron chi connectivity index (χ1n) is 8.22. The predicted octanol–water partition coefficient (Wildman–Crippen LogP) is 1.70. The predicted molar refractivity (Wildman–Crippen MR) is 88.1 cm³/mol. The van der Waals surface area contributed by atoms with Gasteiger partial charge in [0.1, 0.15) is 12.4 Å². The van der Waals surface area contributed by atoms with Gasteiger partial charge in [-0.2, -0.15) is 0 Å². The molecule has 6 nitrogen and oxygen atoms in total. The summed E-state index contributed by atoms with van der Waals surface area (Å²) in [4.78, 5) is 16.5. The molecule has 1 aromatic heterocycles. The molecule has 128 valence electrons. The molecule has 6 heteroatoms. The number of hydrogen-bond acceptors (Lipinski definition) is 4. The van der Waals surface area contributed by atoms with Gasteiger partial charge < -0.3 is 19.4 Å². The molecule has 2 atom stereocenters. The fourth-order valence-corrected chi connectivity index (χ4v) is 2.60. The Labute approximate surface area is 137 Å². The number of rotatable bonds is 7. The summed E-state index contributed by atoms with van der Waals surface area (Å²) in [5.74, 6) is 0.875. The summed E-state index contributed by atoms with van der Waals surface area (Å²) in [5.41, 5.74) is 1.23. The van der Waals surface area contributed by atoms with Crippen LogP contribution in [-0.4, -0.2) is 47.4 Å². The van der Waals surface area contributed by atoms with Gasteiger partial charge in [-0.1, -0.05) is 18.6 Å². The maximum Gasteiger partial charge on any atom is 0.240 e. The maximum atomic E-state index is 12.3. The van der Waals surface area contributed by atoms with Gasteiger partial charge in [0.05, 0.1) is 25.4 Å². The molecule has 1 saturated heterocycles. The normalized spacial score (nSPS) is 21.0. The first-order valence-corrected chi connectivity index (χ1v) is 8.22. The first kappa shape index (κ1) is 17.7. The van der Waals surface area contributed by atoms with Gasteiger partial charge in [-0.25, -0.2) is 4.98 Å². The largest absolute Gasteiger partial charge is 0.379 e. The van der Waals surface area contributed by atoms with Crippen molar-refractivity contribution in [1.82, 2.24) is 14.9 Å². The van der Waals surface area contributed by atoms with Crippen molar-refractivity contribution in [2.75, 3.05) is 19.8 Å². The molecule has 1 N–H and O–H groups in total. The monoisotopic (exact) mass is 321 g/mol. The van der Waals surface area contributed by atoms with Gasteiger partial charge in [0.25, 0.3) is 0 Å². The number of imidazole rings is 1. The van der Waals surface area contributed by atoms with Crippen LogP contribution >= 0.6 is 0 Å². The average molecular weight is 321 g/mol. The van der Waals surface area contributed by atoms with E-state index < -0.39 is 0 Å². The van der Waals surface area contributed by atoms with Gasteiger partial charge in [-0.3, -0.25) is 4.79 Å². The lowest BCUT2D eigenvalue weighted by atomic mass is 10.1. The molecule has 1 aromatic rings. The zero-order valence-electron chi connectivity index (χ0n) is 14.2. The SMILES string of the molecule is CCc1nccn1CC(=O)N[C@@H]1COCC[C@@H]1OCC=C(C)C. The summed E-state index contributed by atoms with van der Waals surface area (Å²) < 4.78 is 13.3. The third kappa shape index (κ3) is 5.48. The van der Waals surface area contributed by atoms with Crippen molar-refractivity contribution in [3.05, 3.63) is 29.9 Å². The van der Waals surface area contributed by atoms with Crippen LogP contribution in [0.15, 0.2) is 24.0 Å². The topological polar surface area (TPSA) is 65.4 Å². The second-order valence-corrected chi connectivity index (χ2v) is 6.02. The molecule has 0 spiro atoms. The Balaban J connectivity index is 1.87. The van der Waals surface area contributed by atoms with Crippen molar-refractivity contribution in [2.24, 2.45) is 0 Å². The summed E-state index contributed by atoms with van der Waals surface area (Å²) in [7, 11) is 0. The van der Waals surface area contributed by atoms with Crippen LogP contribution in [0.5, 0.6) is 0 Å². The molecule has 1 aliphatic heterocycles. The summed E-state index contributed by atoms with van der Waals surface area (Å²) in [6, 6.07) is -0.101. The third-order valence-corrected chi connectivity index (χ3v) is 3.87. The Morgan fingerprint density at radius 1 is 1.57 bits per heavy atom. The molecule has 1 fully saturated rings. The number of ether oxygens (including phenoxy) is 2. The molecule has 0 unspecified atom stereocenters. The van der Waals surface area contributed by atoms with Crippen molar-refractivity contribution in [3.8, 4) is 0 Å². The van der Waals surface area contributed by atoms with E-state index in [4.69, 9.17) is 9.47 Å². The minimum Gasteiger partial charge on any atom is -0.379 e. The van der Waals surface area contributed by atoms with Gasteiger partial charge in [-0.15, -0.1) is 0 Å². The Morgan fingerprint density at radius 2 is 2.39 bits per heavy atom. The van der Waals surface area contributed by atoms with Crippen LogP contribution in [-0.2, 0) is 27.2 Å². The Bertz CT molecular complexity index is 535. The Hall–Kier alpha value is -1.66. The molecule has 23 heavy (non-hydrogen) atoms. The summed E-state index contributed by atoms with van der Waals surface area (Å²) in [6.07, 6.45) is 7.21. The zero-order chi connectivity index (χ0) is 16.7. The fraction of sp³-hybridized carbons (Fsp3) is 0.647. The van der Waals surface area contributed by atoms with E-state index in [-0.39, 0.29) is 24.6 Å². The maximum absolute atomic E-state index is 12.3. The van der Waals surface area contributed by atoms with Crippen LogP contribution in [0.4, 0.5) is 0 Å². The van der Waals surface area contributed by atoms with Crippen molar-refractivity contribution in [1.29, 1.82) is 0 Å². The van der Waals surface area contributed by atoms with Crippen LogP contribution in [0.1, 0.15) is 33.0 Å². The molecule has 0 aliphatic carbocycles. The number of nitrogens with zero attached hydrogens (tertiary/aromatic N) is 2. The standard InChI is InChI=1S/C17H27N3O3/c1-4-16-18-7-8-20(16)11-17(21)19-14-12-22-9-6-15(14)23-10-5-13(2)3/h5,7-8,14-15H,4,6,9-12H2,1-3H3,(H,19,21)/t14-,15+/m1/s1. The van der Waals surface area contributed by atoms with E-state index in [0.717, 1.165) is 18.7 Å². The quantitative estimate of drug-likeness (QED) is 0.776. The number of amides is 1. The van der Waals surface area contributed by atoms with Gasteiger partial charge in [0, 0.05) is 25.4 Å². The highest BCUT2D eigenvalue weighted by molar-refractivity contribution is 5.76. The van der Waals surface area contributed by atoms with E-state index >= 15 is 0 Å². The summed E-state index contributed by atoms with van der Waals surface area (Å²) in [6.45, 7) is 8.13. The number of allylic oxidation sites excluding steroid dienone is 1. The number of carbonyl (C=O) groups is 1. The molecule has 0 aromatic carbocycles. The van der Waals surface area contributed by atoms with Crippen molar-refractivity contribution < 1.29 is 14.3 Å². The van der Waals surface area contributed by atoms with Crippen LogP contribution in [0.2, 0.25) is 0 Å². The van der Waals surface area contributed by atoms with E-state index in [1.54, 1.807) is 6.20 Å². The van der Waals surface area contributed by atoms with Crippen LogP contribution in [0.3, 0.4) is 0 Å². The van der Waals surface area contributed by atoms with E-state index in [9.17, 15) is 4.79 Å². The molecule has 0 radical (unpaired) electrons. The minimum atomic E-state index is -0.101. The molecular formula is C17H27N3O3. The third-order valence-electron chi connectivity index (χ3n) is 3.87. The van der Waals surface area contributed by atoms with Crippen LogP contribution in [0, 0.1) is 0 Å². The number of nitrogens with one attached hydrogen (secondary N) is 1. The lowest BCUT2D eigenvalue weighted by Crippen LogP contribution is -2.51. The van der Waals surface area contributed by atoms with Gasteiger partial charge in [0.15, 0.2) is 0 Å². The number of aromatic nitrogens is 2. The lowest BCUT2D eigenvalue weighted by molar-refractivity contribution is -0.126. The molecule has 0 bridgehead atoms. The molecular weight excluding hydrogens is 294 g/mol. The summed E-state index contributed by atoms with van der Waals surface area (Å²) >= 11 is 0. The van der Waals surface area contributed by atoms with E-state index in [2.05, 4.69) is 10.3 Å². The second-order valence-electron chi connectivity index (χ2n) is 6.02. The molecule has 1 amide bonds. The van der Waals surface area contributed by atoms with Crippen molar-refractivity contribution in [3.63, 3.8) is 0 Å². The highest BCUT2D eigenvalue weighted by Crippen LogP contribution is 2.12. The molecule has 1 aliphatic rings. The average Bonchev–Trinajstić information content (AvgIpc) is 2.95. The fourth-order valence-electron chi connectivity index (χ4n) is 2.60. The van der Waals surface area contributed by atoms with Gasteiger partial charge in [-0.05, 0) is 20.3 Å². The van der Waals surface area contributed by atoms with Gasteiger partial charge in [0.2, 0.25) is 5.91 Å². The van der Waals surface area contributed by atoms with E-state index in [0.29, 0.717) is 19.8 Å². The molecule has 2 heterocycles. The lowest BCUT2D eigenvalue weighted by Gasteiger charge is -2.32.